The molecule has 0 N–H and O–H groups in total. The van der Waals surface area contributed by atoms with Crippen LogP contribution >= 0.6 is 0 Å². The van der Waals surface area contributed by atoms with Gasteiger partial charge in [0.25, 0.3) is 0 Å². The predicted octanol–water partition coefficient (Wildman–Crippen LogP) is 9.49. The van der Waals surface area contributed by atoms with E-state index in [1.54, 1.807) is 0 Å². The Morgan fingerprint density at radius 2 is 0.946 bits per heavy atom. The average Bonchev–Trinajstić information content (AvgIpc) is 3.23. The molecule has 0 atom stereocenters. The Hall–Kier alpha value is -4.42. The molecule has 0 nitrogen and oxygen atoms in total. The summed E-state index contributed by atoms with van der Waals surface area (Å²) < 4.78 is 0. The van der Waals surface area contributed by atoms with Gasteiger partial charge in [0.1, 0.15) is 0 Å². The summed E-state index contributed by atoms with van der Waals surface area (Å²) in [4.78, 5) is 0. The first-order valence-electron chi connectivity index (χ1n) is 13.0. The first-order chi connectivity index (χ1) is 18.2. The van der Waals surface area contributed by atoms with Gasteiger partial charge >= 0.3 is 0 Å². The van der Waals surface area contributed by atoms with Crippen LogP contribution in [-0.2, 0) is 5.41 Å². The van der Waals surface area contributed by atoms with Gasteiger partial charge in [-0.1, -0.05) is 121 Å². The van der Waals surface area contributed by atoms with Crippen molar-refractivity contribution in [3.05, 3.63) is 167 Å². The van der Waals surface area contributed by atoms with Gasteiger partial charge in [-0.15, -0.1) is 0 Å². The summed E-state index contributed by atoms with van der Waals surface area (Å²) in [7, 11) is 0. The molecule has 0 unspecified atom stereocenters. The molecule has 37 heavy (non-hydrogen) atoms. The maximum Gasteiger partial charge on any atom is 0.0719 e. The lowest BCUT2D eigenvalue weighted by atomic mass is 9.65. The van der Waals surface area contributed by atoms with Gasteiger partial charge in [0.05, 0.1) is 5.41 Å². The molecule has 0 bridgehead atoms. The van der Waals surface area contributed by atoms with Crippen molar-refractivity contribution < 1.29 is 0 Å². The highest BCUT2D eigenvalue weighted by molar-refractivity contribution is 6.00. The SMILES string of the molecule is Cc1ccccc1C1(c2ccccc2C)c2cc3ccccc3cc2-c2c(-c3ccccc3)cccc21. The van der Waals surface area contributed by atoms with Gasteiger partial charge in [-0.25, -0.2) is 0 Å². The highest BCUT2D eigenvalue weighted by atomic mass is 14.5. The molecule has 6 aromatic rings. The van der Waals surface area contributed by atoms with E-state index in [9.17, 15) is 0 Å². The summed E-state index contributed by atoms with van der Waals surface area (Å²) in [5.41, 5.74) is 12.9. The zero-order chi connectivity index (χ0) is 25.0. The Balaban J connectivity index is 1.73. The number of fused-ring (bicyclic) bond motifs is 4. The number of rotatable bonds is 3. The third kappa shape index (κ3) is 3.09. The van der Waals surface area contributed by atoms with Gasteiger partial charge in [-0.05, 0) is 92.4 Å². The Morgan fingerprint density at radius 3 is 1.59 bits per heavy atom. The van der Waals surface area contributed by atoms with Crippen molar-refractivity contribution in [1.29, 1.82) is 0 Å². The highest BCUT2D eigenvalue weighted by Crippen LogP contribution is 2.59. The number of hydrogen-bond donors (Lipinski definition) is 0. The maximum absolute atomic E-state index is 2.46. The molecule has 0 saturated carbocycles. The Morgan fingerprint density at radius 1 is 0.405 bits per heavy atom. The summed E-state index contributed by atoms with van der Waals surface area (Å²) in [6.07, 6.45) is 0. The lowest BCUT2D eigenvalue weighted by Gasteiger charge is -2.36. The van der Waals surface area contributed by atoms with E-state index >= 15 is 0 Å². The normalized spacial score (nSPS) is 13.4. The van der Waals surface area contributed by atoms with Crippen molar-refractivity contribution in [1.82, 2.24) is 0 Å². The fraction of sp³-hybridized carbons (Fsp3) is 0.0811. The van der Waals surface area contributed by atoms with Crippen LogP contribution in [0.15, 0.2) is 133 Å². The molecule has 0 fully saturated rings. The summed E-state index contributed by atoms with van der Waals surface area (Å²) in [5.74, 6) is 0. The van der Waals surface area contributed by atoms with Gasteiger partial charge in [0.2, 0.25) is 0 Å². The second-order valence-corrected chi connectivity index (χ2v) is 10.2. The van der Waals surface area contributed by atoms with Crippen molar-refractivity contribution in [2.45, 2.75) is 19.3 Å². The highest BCUT2D eigenvalue weighted by Gasteiger charge is 2.48. The molecule has 0 saturated heterocycles. The zero-order valence-electron chi connectivity index (χ0n) is 21.2. The van der Waals surface area contributed by atoms with Crippen molar-refractivity contribution in [3.8, 4) is 22.3 Å². The molecule has 0 heterocycles. The summed E-state index contributed by atoms with van der Waals surface area (Å²) >= 11 is 0. The van der Waals surface area contributed by atoms with E-state index < -0.39 is 5.41 Å². The van der Waals surface area contributed by atoms with Crippen LogP contribution in [0.5, 0.6) is 0 Å². The monoisotopic (exact) mass is 472 g/mol. The fourth-order valence-electron chi connectivity index (χ4n) is 6.63. The molecule has 1 aliphatic carbocycles. The smallest absolute Gasteiger partial charge is 0.0622 e. The number of aryl methyl sites for hydroxylation is 2. The molecule has 6 aromatic carbocycles. The molecular weight excluding hydrogens is 444 g/mol. The molecule has 176 valence electrons. The van der Waals surface area contributed by atoms with Crippen LogP contribution in [0.25, 0.3) is 33.0 Å². The van der Waals surface area contributed by atoms with E-state index in [0.29, 0.717) is 0 Å². The van der Waals surface area contributed by atoms with E-state index in [1.165, 1.54) is 66.4 Å². The molecule has 0 aromatic heterocycles. The summed E-state index contributed by atoms with van der Waals surface area (Å²) in [6.45, 7) is 4.52. The molecule has 0 radical (unpaired) electrons. The largest absolute Gasteiger partial charge is 0.0719 e. The van der Waals surface area contributed by atoms with Gasteiger partial charge in [-0.3, -0.25) is 0 Å². The first-order valence-corrected chi connectivity index (χ1v) is 13.0. The van der Waals surface area contributed by atoms with Crippen molar-refractivity contribution in [3.63, 3.8) is 0 Å². The molecule has 7 rings (SSSR count). The first kappa shape index (κ1) is 21.8. The fourth-order valence-corrected chi connectivity index (χ4v) is 6.63. The Bertz CT molecular complexity index is 1740. The molecule has 0 aliphatic heterocycles. The summed E-state index contributed by atoms with van der Waals surface area (Å²) in [6, 6.07) is 49.3. The summed E-state index contributed by atoms with van der Waals surface area (Å²) in [5, 5.41) is 2.56. The van der Waals surface area contributed by atoms with Crippen LogP contribution in [-0.4, -0.2) is 0 Å². The van der Waals surface area contributed by atoms with Crippen molar-refractivity contribution in [2.24, 2.45) is 0 Å². The Kier molecular flexibility index (Phi) is 4.91. The van der Waals surface area contributed by atoms with Crippen molar-refractivity contribution in [2.75, 3.05) is 0 Å². The maximum atomic E-state index is 2.46. The minimum atomic E-state index is -0.407. The lowest BCUT2D eigenvalue weighted by Crippen LogP contribution is -2.30. The van der Waals surface area contributed by atoms with E-state index in [4.69, 9.17) is 0 Å². The minimum Gasteiger partial charge on any atom is -0.0622 e. The van der Waals surface area contributed by atoms with Crippen LogP contribution in [0.2, 0.25) is 0 Å². The standard InChI is InChI=1S/C37H28/c1-25-13-6-10-20-32(25)37(33-21-11-7-14-26(33)2)34-22-12-19-30(27-15-4-3-5-16-27)36(34)31-23-28-17-8-9-18-29(28)24-35(31)37/h3-24H,1-2H3. The van der Waals surface area contributed by atoms with Crippen LogP contribution < -0.4 is 0 Å². The number of hydrogen-bond acceptors (Lipinski definition) is 0. The van der Waals surface area contributed by atoms with E-state index in [-0.39, 0.29) is 0 Å². The third-order valence-corrected chi connectivity index (χ3v) is 8.21. The molecule has 1 aliphatic rings. The molecule has 0 heteroatoms. The van der Waals surface area contributed by atoms with Gasteiger partial charge in [0.15, 0.2) is 0 Å². The zero-order valence-corrected chi connectivity index (χ0v) is 21.2. The van der Waals surface area contributed by atoms with Gasteiger partial charge in [0, 0.05) is 0 Å². The lowest BCUT2D eigenvalue weighted by molar-refractivity contribution is 0.755. The second-order valence-electron chi connectivity index (χ2n) is 10.2. The quantitative estimate of drug-likeness (QED) is 0.240. The van der Waals surface area contributed by atoms with Crippen LogP contribution in [0.1, 0.15) is 33.4 Å². The third-order valence-electron chi connectivity index (χ3n) is 8.21. The van der Waals surface area contributed by atoms with Crippen molar-refractivity contribution >= 4 is 10.8 Å². The number of benzene rings is 6. The van der Waals surface area contributed by atoms with Crippen LogP contribution in [0.4, 0.5) is 0 Å². The van der Waals surface area contributed by atoms with E-state index in [2.05, 4.69) is 147 Å². The second kappa shape index (κ2) is 8.32. The minimum absolute atomic E-state index is 0.407. The molecule has 0 amide bonds. The molecular formula is C37H28. The Labute approximate surface area is 218 Å². The van der Waals surface area contributed by atoms with Gasteiger partial charge < -0.3 is 0 Å². The predicted molar refractivity (Wildman–Crippen MR) is 156 cm³/mol. The van der Waals surface area contributed by atoms with Gasteiger partial charge in [-0.2, -0.15) is 0 Å². The topological polar surface area (TPSA) is 0 Å². The molecule has 0 spiro atoms. The van der Waals surface area contributed by atoms with Crippen LogP contribution in [0, 0.1) is 13.8 Å². The average molecular weight is 473 g/mol. The van der Waals surface area contributed by atoms with Crippen LogP contribution in [0.3, 0.4) is 0 Å². The van der Waals surface area contributed by atoms with E-state index in [0.717, 1.165) is 0 Å². The van der Waals surface area contributed by atoms with E-state index in [1.807, 2.05) is 0 Å².